The van der Waals surface area contributed by atoms with Crippen molar-refractivity contribution in [3.8, 4) is 22.9 Å². The smallest absolute Gasteiger partial charge is 0.175 e. The van der Waals surface area contributed by atoms with Crippen LogP contribution in [0.15, 0.2) is 30.7 Å². The van der Waals surface area contributed by atoms with Crippen LogP contribution in [-0.4, -0.2) is 43.6 Å². The Hall–Kier alpha value is -3.16. The van der Waals surface area contributed by atoms with Crippen molar-refractivity contribution in [2.75, 3.05) is 14.2 Å². The summed E-state index contributed by atoms with van der Waals surface area (Å²) in [5.74, 6) is 1.98. The van der Waals surface area contributed by atoms with Crippen molar-refractivity contribution in [2.24, 2.45) is 7.05 Å². The molecule has 0 saturated carbocycles. The average Bonchev–Trinajstić information content (AvgIpc) is 3.18. The first-order chi connectivity index (χ1) is 11.2. The Morgan fingerprint density at radius 1 is 1.00 bits per heavy atom. The Morgan fingerprint density at radius 3 is 2.61 bits per heavy atom. The lowest BCUT2D eigenvalue weighted by atomic mass is 10.2. The molecule has 0 aliphatic rings. The van der Waals surface area contributed by atoms with E-state index in [0.29, 0.717) is 23.0 Å². The van der Waals surface area contributed by atoms with Crippen LogP contribution in [0, 0.1) is 0 Å². The molecule has 8 nitrogen and oxygen atoms in total. The number of benzene rings is 1. The Morgan fingerprint density at radius 2 is 1.83 bits per heavy atom. The van der Waals surface area contributed by atoms with E-state index in [0.717, 1.165) is 16.6 Å². The molecule has 8 heteroatoms. The third kappa shape index (κ3) is 1.91. The van der Waals surface area contributed by atoms with Crippen LogP contribution in [0.25, 0.3) is 28.1 Å². The van der Waals surface area contributed by atoms with Gasteiger partial charge in [0.15, 0.2) is 28.6 Å². The minimum absolute atomic E-state index is 0.636. The van der Waals surface area contributed by atoms with Gasteiger partial charge in [0.2, 0.25) is 0 Å². The number of hydrogen-bond acceptors (Lipinski definition) is 6. The first kappa shape index (κ1) is 13.5. The molecule has 23 heavy (non-hydrogen) atoms. The van der Waals surface area contributed by atoms with Crippen LogP contribution in [0.3, 0.4) is 0 Å². The van der Waals surface area contributed by atoms with E-state index in [4.69, 9.17) is 9.47 Å². The summed E-state index contributed by atoms with van der Waals surface area (Å²) >= 11 is 0. The summed E-state index contributed by atoms with van der Waals surface area (Å²) in [6.45, 7) is 0. The van der Waals surface area contributed by atoms with E-state index in [1.54, 1.807) is 31.4 Å². The van der Waals surface area contributed by atoms with E-state index in [1.165, 1.54) is 0 Å². The lowest BCUT2D eigenvalue weighted by molar-refractivity contribution is 0.355. The van der Waals surface area contributed by atoms with Crippen molar-refractivity contribution in [3.05, 3.63) is 30.7 Å². The summed E-state index contributed by atoms with van der Waals surface area (Å²) < 4.78 is 14.2. The second-order valence-corrected chi connectivity index (χ2v) is 5.04. The van der Waals surface area contributed by atoms with Crippen molar-refractivity contribution < 1.29 is 9.47 Å². The molecule has 0 spiro atoms. The second kappa shape index (κ2) is 4.94. The number of aryl methyl sites for hydroxylation is 1. The van der Waals surface area contributed by atoms with Crippen LogP contribution < -0.4 is 9.47 Å². The average molecular weight is 310 g/mol. The van der Waals surface area contributed by atoms with Crippen molar-refractivity contribution in [1.29, 1.82) is 0 Å². The molecule has 116 valence electrons. The molecule has 0 saturated heterocycles. The van der Waals surface area contributed by atoms with Gasteiger partial charge in [-0.3, -0.25) is 9.08 Å². The van der Waals surface area contributed by atoms with E-state index in [1.807, 2.05) is 29.6 Å². The summed E-state index contributed by atoms with van der Waals surface area (Å²) in [4.78, 5) is 4.43. The van der Waals surface area contributed by atoms with Crippen LogP contribution in [0.4, 0.5) is 0 Å². The van der Waals surface area contributed by atoms with Crippen LogP contribution in [0.5, 0.6) is 11.5 Å². The van der Waals surface area contributed by atoms with Crippen molar-refractivity contribution in [2.45, 2.75) is 0 Å². The van der Waals surface area contributed by atoms with Gasteiger partial charge in [-0.05, 0) is 18.2 Å². The topological polar surface area (TPSA) is 79.4 Å². The van der Waals surface area contributed by atoms with Gasteiger partial charge in [-0.2, -0.15) is 5.10 Å². The van der Waals surface area contributed by atoms with E-state index in [9.17, 15) is 0 Å². The summed E-state index contributed by atoms with van der Waals surface area (Å²) in [5.41, 5.74) is 2.34. The Labute approximate surface area is 131 Å². The maximum absolute atomic E-state index is 5.35. The van der Waals surface area contributed by atoms with Crippen molar-refractivity contribution in [3.63, 3.8) is 0 Å². The molecule has 0 unspecified atom stereocenters. The molecular formula is C15H14N6O2. The van der Waals surface area contributed by atoms with Gasteiger partial charge in [0.1, 0.15) is 6.33 Å². The third-order valence-electron chi connectivity index (χ3n) is 3.78. The van der Waals surface area contributed by atoms with Crippen LogP contribution >= 0.6 is 0 Å². The molecule has 0 aliphatic heterocycles. The molecule has 0 fully saturated rings. The fourth-order valence-corrected chi connectivity index (χ4v) is 2.61. The minimum Gasteiger partial charge on any atom is -0.493 e. The number of methoxy groups -OCH3 is 2. The van der Waals surface area contributed by atoms with E-state index >= 15 is 0 Å². The largest absolute Gasteiger partial charge is 0.493 e. The highest BCUT2D eigenvalue weighted by Gasteiger charge is 2.15. The van der Waals surface area contributed by atoms with Gasteiger partial charge < -0.3 is 9.47 Å². The molecule has 4 rings (SSSR count). The molecule has 4 aromatic rings. The number of fused-ring (bicyclic) bond motifs is 3. The van der Waals surface area contributed by atoms with Crippen molar-refractivity contribution in [1.82, 2.24) is 29.4 Å². The van der Waals surface area contributed by atoms with E-state index in [2.05, 4.69) is 20.3 Å². The minimum atomic E-state index is 0.636. The summed E-state index contributed by atoms with van der Waals surface area (Å²) in [5, 5.41) is 13.6. The standard InChI is InChI=1S/C15H14N6O2/c1-20-14-10(7-17-20)15-19-18-13(21(15)8-16-14)9-4-5-11(22-2)12(6-9)23-3/h4-8H,1-3H3. The number of ether oxygens (including phenoxy) is 2. The normalized spacial score (nSPS) is 11.3. The number of rotatable bonds is 3. The highest BCUT2D eigenvalue weighted by molar-refractivity contribution is 5.89. The zero-order chi connectivity index (χ0) is 16.0. The molecule has 3 heterocycles. The van der Waals surface area contributed by atoms with Crippen molar-refractivity contribution >= 4 is 16.7 Å². The molecule has 0 N–H and O–H groups in total. The SMILES string of the molecule is COc1ccc(-c2nnc3c4cnn(C)c4ncn23)cc1OC. The summed E-state index contributed by atoms with van der Waals surface area (Å²) in [6, 6.07) is 5.61. The number of hydrogen-bond donors (Lipinski definition) is 0. The van der Waals surface area contributed by atoms with Gasteiger partial charge in [0.05, 0.1) is 25.8 Å². The number of nitrogens with zero attached hydrogens (tertiary/aromatic N) is 6. The van der Waals surface area contributed by atoms with Gasteiger partial charge in [0.25, 0.3) is 0 Å². The van der Waals surface area contributed by atoms with E-state index in [-0.39, 0.29) is 0 Å². The molecule has 0 atom stereocenters. The fourth-order valence-electron chi connectivity index (χ4n) is 2.61. The predicted molar refractivity (Wildman–Crippen MR) is 83.6 cm³/mol. The third-order valence-corrected chi connectivity index (χ3v) is 3.78. The van der Waals surface area contributed by atoms with Crippen LogP contribution in [0.2, 0.25) is 0 Å². The van der Waals surface area contributed by atoms with Gasteiger partial charge in [-0.1, -0.05) is 0 Å². The molecule has 0 aliphatic carbocycles. The molecular weight excluding hydrogens is 296 g/mol. The van der Waals surface area contributed by atoms with Gasteiger partial charge in [0, 0.05) is 12.6 Å². The highest BCUT2D eigenvalue weighted by atomic mass is 16.5. The summed E-state index contributed by atoms with van der Waals surface area (Å²) in [6.07, 6.45) is 3.44. The molecule has 1 aromatic carbocycles. The van der Waals surface area contributed by atoms with Gasteiger partial charge in [-0.25, -0.2) is 4.98 Å². The van der Waals surface area contributed by atoms with E-state index < -0.39 is 0 Å². The molecule has 0 amide bonds. The Kier molecular flexibility index (Phi) is 2.90. The monoisotopic (exact) mass is 310 g/mol. The molecule has 3 aromatic heterocycles. The number of aromatic nitrogens is 6. The second-order valence-electron chi connectivity index (χ2n) is 5.04. The lowest BCUT2D eigenvalue weighted by Crippen LogP contribution is -1.96. The predicted octanol–water partition coefficient (Wildman–Crippen LogP) is 1.70. The first-order valence-corrected chi connectivity index (χ1v) is 6.96. The Balaban J connectivity index is 1.94. The summed E-state index contributed by atoms with van der Waals surface area (Å²) in [7, 11) is 5.05. The maximum Gasteiger partial charge on any atom is 0.175 e. The van der Waals surface area contributed by atoms with Gasteiger partial charge in [-0.15, -0.1) is 10.2 Å². The van der Waals surface area contributed by atoms with Crippen LogP contribution in [-0.2, 0) is 7.05 Å². The zero-order valence-corrected chi connectivity index (χ0v) is 12.9. The van der Waals surface area contributed by atoms with Gasteiger partial charge >= 0.3 is 0 Å². The lowest BCUT2D eigenvalue weighted by Gasteiger charge is -2.08. The zero-order valence-electron chi connectivity index (χ0n) is 12.9. The van der Waals surface area contributed by atoms with Crippen LogP contribution in [0.1, 0.15) is 0 Å². The first-order valence-electron chi connectivity index (χ1n) is 6.96. The Bertz CT molecular complexity index is 1020. The maximum atomic E-state index is 5.35. The molecule has 0 bridgehead atoms. The quantitative estimate of drug-likeness (QED) is 0.573. The fraction of sp³-hybridized carbons (Fsp3) is 0.200. The molecule has 0 radical (unpaired) electrons. The highest BCUT2D eigenvalue weighted by Crippen LogP contribution is 2.32.